The van der Waals surface area contributed by atoms with E-state index in [1.807, 2.05) is 32.4 Å². The summed E-state index contributed by atoms with van der Waals surface area (Å²) in [6.07, 6.45) is 1.63. The molecule has 1 aromatic heterocycles. The first-order valence-electron chi connectivity index (χ1n) is 12.5. The van der Waals surface area contributed by atoms with Gasteiger partial charge in [-0.1, -0.05) is 32.4 Å². The van der Waals surface area contributed by atoms with Crippen molar-refractivity contribution in [1.82, 2.24) is 24.7 Å². The molecular formula is C26H35ClFN5O3. The van der Waals surface area contributed by atoms with Gasteiger partial charge in [0.05, 0.1) is 17.4 Å². The van der Waals surface area contributed by atoms with Gasteiger partial charge in [-0.3, -0.25) is 9.59 Å². The average molecular weight is 520 g/mol. The van der Waals surface area contributed by atoms with Gasteiger partial charge in [-0.2, -0.15) is 0 Å². The van der Waals surface area contributed by atoms with E-state index in [4.69, 9.17) is 11.6 Å². The van der Waals surface area contributed by atoms with Crippen LogP contribution in [0.5, 0.6) is 0 Å². The minimum absolute atomic E-state index is 0.179. The molecule has 1 fully saturated rings. The Labute approximate surface area is 216 Å². The van der Waals surface area contributed by atoms with Crippen LogP contribution >= 0.6 is 11.6 Å². The zero-order chi connectivity index (χ0) is 26.2. The van der Waals surface area contributed by atoms with Crippen LogP contribution in [-0.4, -0.2) is 75.1 Å². The van der Waals surface area contributed by atoms with Gasteiger partial charge in [0.1, 0.15) is 17.7 Å². The number of carbonyl (C=O) groups excluding carboxylic acids is 2. The number of rotatable bonds is 4. The quantitative estimate of drug-likeness (QED) is 0.647. The summed E-state index contributed by atoms with van der Waals surface area (Å²) in [4.78, 5) is 35.5. The first kappa shape index (κ1) is 26.6. The third-order valence-corrected chi connectivity index (χ3v) is 7.13. The Morgan fingerprint density at radius 1 is 1.22 bits per heavy atom. The fraction of sp³-hybridized carbons (Fsp3) is 0.577. The van der Waals surface area contributed by atoms with E-state index in [0.717, 1.165) is 13.0 Å². The van der Waals surface area contributed by atoms with Crippen molar-refractivity contribution < 1.29 is 19.1 Å². The summed E-state index contributed by atoms with van der Waals surface area (Å²) in [5, 5.41) is 13.4. The Morgan fingerprint density at radius 2 is 1.97 bits per heavy atom. The fourth-order valence-electron chi connectivity index (χ4n) is 4.96. The number of likely N-dealkylation sites (tertiary alicyclic amines) is 1. The number of hydrogen-bond donors (Lipinski definition) is 2. The third-order valence-electron chi connectivity index (χ3n) is 6.89. The molecule has 0 aliphatic carbocycles. The van der Waals surface area contributed by atoms with Crippen molar-refractivity contribution in [3.8, 4) is 11.4 Å². The van der Waals surface area contributed by atoms with Crippen LogP contribution in [0.15, 0.2) is 18.2 Å². The number of β-amino-alcohol motifs (C(OH)–C–C–N with tert-alkyl or cyclic N) is 1. The molecule has 1 aromatic carbocycles. The smallest absolute Gasteiger partial charge is 0.272 e. The lowest BCUT2D eigenvalue weighted by molar-refractivity contribution is -0.138. The second-order valence-electron chi connectivity index (χ2n) is 11.0. The SMILES string of the molecule is CN1CCCn2c(-c3cc(Cl)ccc3F)nc(C(=O)N[C@H](C(=O)N3CCC[C@@H](O)C3)C(C)(C)C)c2C1. The summed E-state index contributed by atoms with van der Waals surface area (Å²) in [5.41, 5.74) is 0.511. The van der Waals surface area contributed by atoms with Crippen LogP contribution in [0.4, 0.5) is 4.39 Å². The largest absolute Gasteiger partial charge is 0.391 e. The number of aliphatic hydroxyl groups is 1. The minimum Gasteiger partial charge on any atom is -0.391 e. The molecule has 4 rings (SSSR count). The van der Waals surface area contributed by atoms with Crippen molar-refractivity contribution in [2.24, 2.45) is 5.41 Å². The maximum absolute atomic E-state index is 14.8. The van der Waals surface area contributed by atoms with Crippen LogP contribution in [0.1, 0.15) is 56.2 Å². The lowest BCUT2D eigenvalue weighted by Crippen LogP contribution is -2.57. The molecule has 36 heavy (non-hydrogen) atoms. The Bertz CT molecular complexity index is 1150. The molecule has 2 N–H and O–H groups in total. The number of aromatic nitrogens is 2. The van der Waals surface area contributed by atoms with Crippen LogP contribution in [-0.2, 0) is 17.9 Å². The number of hydrogen-bond acceptors (Lipinski definition) is 5. The summed E-state index contributed by atoms with van der Waals surface area (Å²) in [5.74, 6) is -0.821. The molecule has 0 spiro atoms. The van der Waals surface area contributed by atoms with Crippen molar-refractivity contribution in [3.05, 3.63) is 40.4 Å². The Balaban J connectivity index is 1.71. The van der Waals surface area contributed by atoms with E-state index >= 15 is 0 Å². The number of amides is 2. The van der Waals surface area contributed by atoms with Gasteiger partial charge in [0, 0.05) is 31.2 Å². The number of nitrogens with one attached hydrogen (secondary N) is 1. The number of halogens is 2. The maximum Gasteiger partial charge on any atom is 0.272 e. The maximum atomic E-state index is 14.8. The molecule has 2 amide bonds. The molecule has 8 nitrogen and oxygen atoms in total. The van der Waals surface area contributed by atoms with Gasteiger partial charge in [0.2, 0.25) is 5.91 Å². The first-order chi connectivity index (χ1) is 17.0. The number of piperidine rings is 1. The molecule has 0 bridgehead atoms. The van der Waals surface area contributed by atoms with Gasteiger partial charge in [-0.25, -0.2) is 9.37 Å². The Hall–Kier alpha value is -2.49. The summed E-state index contributed by atoms with van der Waals surface area (Å²) in [6, 6.07) is 3.47. The van der Waals surface area contributed by atoms with Gasteiger partial charge in [-0.05, 0) is 56.5 Å². The number of imidazole rings is 1. The second kappa shape index (κ2) is 10.5. The van der Waals surface area contributed by atoms with Crippen molar-refractivity contribution >= 4 is 23.4 Å². The normalized spacial score (nSPS) is 20.0. The van der Waals surface area contributed by atoms with Gasteiger partial charge in [-0.15, -0.1) is 0 Å². The van der Waals surface area contributed by atoms with Crippen molar-refractivity contribution in [2.75, 3.05) is 26.7 Å². The summed E-state index contributed by atoms with van der Waals surface area (Å²) < 4.78 is 16.7. The highest BCUT2D eigenvalue weighted by molar-refractivity contribution is 6.30. The predicted octanol–water partition coefficient (Wildman–Crippen LogP) is 3.31. The van der Waals surface area contributed by atoms with E-state index in [1.165, 1.54) is 18.2 Å². The van der Waals surface area contributed by atoms with Crippen molar-refractivity contribution in [2.45, 2.75) is 65.3 Å². The van der Waals surface area contributed by atoms with E-state index in [9.17, 15) is 19.1 Å². The van der Waals surface area contributed by atoms with Gasteiger partial charge in [0.15, 0.2) is 5.69 Å². The second-order valence-corrected chi connectivity index (χ2v) is 11.4. The highest BCUT2D eigenvalue weighted by Gasteiger charge is 2.38. The van der Waals surface area contributed by atoms with E-state index < -0.39 is 29.3 Å². The highest BCUT2D eigenvalue weighted by atomic mass is 35.5. The predicted molar refractivity (Wildman–Crippen MR) is 136 cm³/mol. The molecule has 2 atom stereocenters. The van der Waals surface area contributed by atoms with E-state index in [-0.39, 0.29) is 23.7 Å². The van der Waals surface area contributed by atoms with E-state index in [2.05, 4.69) is 15.2 Å². The molecule has 3 heterocycles. The Morgan fingerprint density at radius 3 is 2.67 bits per heavy atom. The van der Waals surface area contributed by atoms with Crippen LogP contribution < -0.4 is 5.32 Å². The third kappa shape index (κ3) is 5.58. The topological polar surface area (TPSA) is 90.7 Å². The minimum atomic E-state index is -0.817. The van der Waals surface area contributed by atoms with Crippen LogP contribution in [0.25, 0.3) is 11.4 Å². The number of aliphatic hydroxyl groups excluding tert-OH is 1. The lowest BCUT2D eigenvalue weighted by atomic mass is 9.85. The van der Waals surface area contributed by atoms with Crippen molar-refractivity contribution in [3.63, 3.8) is 0 Å². The summed E-state index contributed by atoms with van der Waals surface area (Å²) >= 11 is 6.16. The molecule has 0 saturated carbocycles. The number of fused-ring (bicyclic) bond motifs is 1. The molecule has 10 heteroatoms. The molecular weight excluding hydrogens is 485 g/mol. The fourth-order valence-corrected chi connectivity index (χ4v) is 5.14. The summed E-state index contributed by atoms with van der Waals surface area (Å²) in [6.45, 7) is 8.34. The molecule has 0 radical (unpaired) electrons. The zero-order valence-corrected chi connectivity index (χ0v) is 22.1. The standard InChI is InChI=1S/C26H35ClFN5O3/c1-26(2,3)22(25(36)32-11-5-7-17(34)14-32)30-24(35)21-20-15-31(4)10-6-12-33(20)23(29-21)18-13-16(27)8-9-19(18)28/h8-9,13,17,22,34H,5-7,10-12,14-15H2,1-4H3,(H,30,35)/t17-,22-/m1/s1. The van der Waals surface area contributed by atoms with E-state index in [0.29, 0.717) is 49.0 Å². The Kier molecular flexibility index (Phi) is 7.73. The monoisotopic (exact) mass is 519 g/mol. The number of nitrogens with zero attached hydrogens (tertiary/aromatic N) is 4. The molecule has 0 unspecified atom stereocenters. The van der Waals surface area contributed by atoms with Gasteiger partial charge in [0.25, 0.3) is 5.91 Å². The van der Waals surface area contributed by atoms with E-state index in [1.54, 1.807) is 4.90 Å². The number of benzene rings is 1. The first-order valence-corrected chi connectivity index (χ1v) is 12.8. The molecule has 2 aromatic rings. The van der Waals surface area contributed by atoms with Crippen LogP contribution in [0, 0.1) is 11.2 Å². The average Bonchev–Trinajstić information content (AvgIpc) is 3.03. The van der Waals surface area contributed by atoms with Crippen LogP contribution in [0.3, 0.4) is 0 Å². The van der Waals surface area contributed by atoms with Gasteiger partial charge < -0.3 is 24.8 Å². The molecule has 2 aliphatic rings. The van der Waals surface area contributed by atoms with Crippen LogP contribution in [0.2, 0.25) is 5.02 Å². The number of carbonyl (C=O) groups is 2. The van der Waals surface area contributed by atoms with Crippen molar-refractivity contribution in [1.29, 1.82) is 0 Å². The van der Waals surface area contributed by atoms with Gasteiger partial charge >= 0.3 is 0 Å². The molecule has 1 saturated heterocycles. The highest BCUT2D eigenvalue weighted by Crippen LogP contribution is 2.30. The molecule has 2 aliphatic heterocycles. The molecule has 196 valence electrons. The zero-order valence-electron chi connectivity index (χ0n) is 21.4. The lowest BCUT2D eigenvalue weighted by Gasteiger charge is -2.37. The summed E-state index contributed by atoms with van der Waals surface area (Å²) in [7, 11) is 1.97.